The number of nitrogens with zero attached hydrogens (tertiary/aromatic N) is 3. The molecule has 0 bridgehead atoms. The van der Waals surface area contributed by atoms with Gasteiger partial charge in [0.25, 0.3) is 0 Å². The predicted octanol–water partition coefficient (Wildman–Crippen LogP) is -0.145. The average Bonchev–Trinajstić information content (AvgIpc) is 2.55. The van der Waals surface area contributed by atoms with Crippen LogP contribution >= 0.6 is 0 Å². The van der Waals surface area contributed by atoms with Gasteiger partial charge in [-0.3, -0.25) is 0 Å². The van der Waals surface area contributed by atoms with E-state index in [1.165, 1.54) is 12.1 Å². The molecule has 0 aliphatic heterocycles. The number of nitrogens with two attached hydrogens (primary N) is 3. The molecule has 0 fully saturated rings. The summed E-state index contributed by atoms with van der Waals surface area (Å²) in [5.74, 6) is 10.9. The molecule has 1 aromatic heterocycles. The van der Waals surface area contributed by atoms with E-state index >= 15 is 0 Å². The zero-order chi connectivity index (χ0) is 18.7. The molecule has 25 heavy (non-hydrogen) atoms. The van der Waals surface area contributed by atoms with Crippen LogP contribution in [0.25, 0.3) is 5.70 Å². The Morgan fingerprint density at radius 2 is 2.12 bits per heavy atom. The van der Waals surface area contributed by atoms with E-state index in [0.717, 1.165) is 10.9 Å². The number of hydrogen-bond donors (Lipinski definition) is 5. The van der Waals surface area contributed by atoms with Gasteiger partial charge in [0.2, 0.25) is 0 Å². The number of halogens is 1. The average molecular weight is 343 g/mol. The van der Waals surface area contributed by atoms with Crippen LogP contribution in [0.5, 0.6) is 0 Å². The standard InChI is InChI=1S/C15H14FN7O2/c1-3-8-4-12(10(15(24)25)5-11(8)16)20-7(2)9-6-13(17)22-23(19)14(9)21-18/h1,4-6,20H,2,18-19H2,(H2,17,22)(H,24,25)/b21-14-. The number of benzene rings is 1. The molecule has 0 unspecified atom stereocenters. The highest BCUT2D eigenvalue weighted by Gasteiger charge is 2.16. The van der Waals surface area contributed by atoms with Crippen LogP contribution in [-0.2, 0) is 0 Å². The minimum atomic E-state index is -1.36. The molecule has 0 saturated carbocycles. The normalized spacial score (nSPS) is 11.0. The van der Waals surface area contributed by atoms with Gasteiger partial charge in [0.05, 0.1) is 16.8 Å². The smallest absolute Gasteiger partial charge is 0.337 e. The zero-order valence-corrected chi connectivity index (χ0v) is 12.8. The maximum absolute atomic E-state index is 13.7. The van der Waals surface area contributed by atoms with Gasteiger partial charge in [0.1, 0.15) is 11.6 Å². The Kier molecular flexibility index (Phi) is 4.60. The molecule has 128 valence electrons. The summed E-state index contributed by atoms with van der Waals surface area (Å²) in [6.45, 7) is 3.77. The van der Waals surface area contributed by atoms with Crippen LogP contribution < -0.4 is 28.2 Å². The summed E-state index contributed by atoms with van der Waals surface area (Å²) in [7, 11) is 0. The second-order valence-electron chi connectivity index (χ2n) is 4.81. The lowest BCUT2D eigenvalue weighted by Gasteiger charge is -2.14. The first kappa shape index (κ1) is 17.4. The molecular weight excluding hydrogens is 329 g/mol. The van der Waals surface area contributed by atoms with Crippen LogP contribution in [-0.4, -0.2) is 21.0 Å². The van der Waals surface area contributed by atoms with Gasteiger partial charge >= 0.3 is 5.97 Å². The lowest BCUT2D eigenvalue weighted by atomic mass is 10.1. The van der Waals surface area contributed by atoms with Crippen molar-refractivity contribution in [2.45, 2.75) is 0 Å². The summed E-state index contributed by atoms with van der Waals surface area (Å²) in [5.41, 5.74) is 5.63. The number of terminal acetylenes is 1. The van der Waals surface area contributed by atoms with Crippen LogP contribution in [0.1, 0.15) is 21.5 Å². The van der Waals surface area contributed by atoms with Crippen molar-refractivity contribution in [1.82, 2.24) is 9.89 Å². The Labute approximate surface area is 141 Å². The van der Waals surface area contributed by atoms with Crippen molar-refractivity contribution in [1.29, 1.82) is 0 Å². The highest BCUT2D eigenvalue weighted by atomic mass is 19.1. The minimum absolute atomic E-state index is 0.0220. The molecule has 8 N–H and O–H groups in total. The molecule has 10 heteroatoms. The molecule has 0 aliphatic rings. The Morgan fingerprint density at radius 3 is 2.68 bits per heavy atom. The van der Waals surface area contributed by atoms with E-state index < -0.39 is 11.8 Å². The number of aromatic nitrogens is 2. The number of carboxylic acids is 1. The highest BCUT2D eigenvalue weighted by Crippen LogP contribution is 2.24. The van der Waals surface area contributed by atoms with Gasteiger partial charge in [-0.25, -0.2) is 9.18 Å². The van der Waals surface area contributed by atoms with Crippen LogP contribution in [0.4, 0.5) is 15.9 Å². The molecule has 0 spiro atoms. The van der Waals surface area contributed by atoms with Crippen molar-refractivity contribution < 1.29 is 14.3 Å². The van der Waals surface area contributed by atoms with E-state index in [1.54, 1.807) is 0 Å². The van der Waals surface area contributed by atoms with Crippen LogP contribution in [0, 0.1) is 18.2 Å². The lowest BCUT2D eigenvalue weighted by molar-refractivity contribution is 0.0697. The molecule has 2 rings (SSSR count). The van der Waals surface area contributed by atoms with Crippen LogP contribution in [0.3, 0.4) is 0 Å². The number of nitrogens with one attached hydrogen (secondary N) is 1. The second kappa shape index (κ2) is 6.63. The third kappa shape index (κ3) is 3.35. The topological polar surface area (TPSA) is 158 Å². The third-order valence-electron chi connectivity index (χ3n) is 3.20. The molecule has 0 saturated heterocycles. The van der Waals surface area contributed by atoms with E-state index in [-0.39, 0.29) is 39.4 Å². The Morgan fingerprint density at radius 1 is 1.44 bits per heavy atom. The van der Waals surface area contributed by atoms with Gasteiger partial charge in [-0.15, -0.1) is 11.5 Å². The molecule has 1 aromatic carbocycles. The fourth-order valence-corrected chi connectivity index (χ4v) is 2.08. The van der Waals surface area contributed by atoms with Gasteiger partial charge in [0.15, 0.2) is 5.49 Å². The van der Waals surface area contributed by atoms with Crippen LogP contribution in [0.2, 0.25) is 0 Å². The number of rotatable bonds is 4. The fraction of sp³-hybridized carbons (Fsp3) is 0. The van der Waals surface area contributed by atoms with E-state index in [1.807, 2.05) is 0 Å². The monoisotopic (exact) mass is 343 g/mol. The molecule has 0 amide bonds. The first-order chi connectivity index (χ1) is 11.8. The van der Waals surface area contributed by atoms with Crippen molar-refractivity contribution in [2.24, 2.45) is 10.9 Å². The van der Waals surface area contributed by atoms with Gasteiger partial charge in [-0.1, -0.05) is 12.5 Å². The molecule has 9 nitrogen and oxygen atoms in total. The summed E-state index contributed by atoms with van der Waals surface area (Å²) >= 11 is 0. The predicted molar refractivity (Wildman–Crippen MR) is 90.5 cm³/mol. The molecular formula is C15H14FN7O2. The molecule has 0 aliphatic carbocycles. The number of aromatic carboxylic acids is 1. The van der Waals surface area contributed by atoms with Crippen LogP contribution in [0.15, 0.2) is 29.9 Å². The van der Waals surface area contributed by atoms with Crippen molar-refractivity contribution in [3.05, 3.63) is 52.8 Å². The zero-order valence-electron chi connectivity index (χ0n) is 12.8. The Hall–Kier alpha value is -4.00. The Balaban J connectivity index is 2.56. The molecule has 2 aromatic rings. The van der Waals surface area contributed by atoms with E-state index in [2.05, 4.69) is 28.0 Å². The summed E-state index contributed by atoms with van der Waals surface area (Å²) in [6.07, 6.45) is 5.21. The summed E-state index contributed by atoms with van der Waals surface area (Å²) < 4.78 is 13.7. The fourth-order valence-electron chi connectivity index (χ4n) is 2.08. The summed E-state index contributed by atoms with van der Waals surface area (Å²) in [6, 6.07) is 3.37. The highest BCUT2D eigenvalue weighted by molar-refractivity contribution is 5.96. The number of carboxylic acid groups (broad SMARTS) is 1. The maximum atomic E-state index is 13.7. The molecule has 0 radical (unpaired) electrons. The van der Waals surface area contributed by atoms with E-state index in [4.69, 9.17) is 23.8 Å². The molecule has 0 atom stereocenters. The summed E-state index contributed by atoms with van der Waals surface area (Å²) in [5, 5.41) is 19.2. The number of nitrogen functional groups attached to an aromatic ring is 2. The van der Waals surface area contributed by atoms with Gasteiger partial charge in [-0.2, -0.15) is 9.89 Å². The maximum Gasteiger partial charge on any atom is 0.337 e. The SMILES string of the molecule is C#Cc1cc(NC(=C)c2cc(N)nn(N)/c2=N\N)c(C(=O)O)cc1F. The van der Waals surface area contributed by atoms with Gasteiger partial charge < -0.3 is 27.8 Å². The van der Waals surface area contributed by atoms with Gasteiger partial charge in [-0.05, 0) is 18.2 Å². The Bertz CT molecular complexity index is 989. The largest absolute Gasteiger partial charge is 0.478 e. The van der Waals surface area contributed by atoms with Crippen molar-refractivity contribution in [3.63, 3.8) is 0 Å². The first-order valence-corrected chi connectivity index (χ1v) is 6.67. The van der Waals surface area contributed by atoms with Crippen molar-refractivity contribution >= 4 is 23.2 Å². The quantitative estimate of drug-likeness (QED) is 0.293. The third-order valence-corrected chi connectivity index (χ3v) is 3.20. The lowest BCUT2D eigenvalue weighted by Crippen LogP contribution is -2.35. The molecule has 1 heterocycles. The van der Waals surface area contributed by atoms with E-state index in [0.29, 0.717) is 0 Å². The van der Waals surface area contributed by atoms with Crippen molar-refractivity contribution in [2.75, 3.05) is 16.9 Å². The first-order valence-electron chi connectivity index (χ1n) is 6.67. The minimum Gasteiger partial charge on any atom is -0.478 e. The summed E-state index contributed by atoms with van der Waals surface area (Å²) in [4.78, 5) is 12.2. The van der Waals surface area contributed by atoms with Crippen molar-refractivity contribution in [3.8, 4) is 12.3 Å². The number of carbonyl (C=O) groups is 1. The second-order valence-corrected chi connectivity index (χ2v) is 4.81. The van der Waals surface area contributed by atoms with E-state index in [9.17, 15) is 14.3 Å². The van der Waals surface area contributed by atoms with Gasteiger partial charge in [0, 0.05) is 11.3 Å². The number of anilines is 2. The number of hydrogen-bond acceptors (Lipinski definition) is 7.